The summed E-state index contributed by atoms with van der Waals surface area (Å²) in [7, 11) is 3.80. The van der Waals surface area contributed by atoms with E-state index in [0.717, 1.165) is 63.5 Å². The first-order chi connectivity index (χ1) is 13.1. The minimum Gasteiger partial charge on any atom is -0.460 e. The Morgan fingerprint density at radius 3 is 2.70 bits per heavy atom. The average Bonchev–Trinajstić information content (AvgIpc) is 3.08. The van der Waals surface area contributed by atoms with Gasteiger partial charge in [0.05, 0.1) is 6.54 Å². The summed E-state index contributed by atoms with van der Waals surface area (Å²) in [5.41, 5.74) is 1.11. The quantitative estimate of drug-likeness (QED) is 0.825. The van der Waals surface area contributed by atoms with Crippen molar-refractivity contribution in [2.45, 2.75) is 24.9 Å². The predicted molar refractivity (Wildman–Crippen MR) is 105 cm³/mol. The van der Waals surface area contributed by atoms with Crippen LogP contribution < -0.4 is 0 Å². The van der Waals surface area contributed by atoms with Crippen molar-refractivity contribution in [3.63, 3.8) is 0 Å². The van der Waals surface area contributed by atoms with Gasteiger partial charge in [-0.1, -0.05) is 18.2 Å². The normalized spacial score (nSPS) is 21.2. The summed E-state index contributed by atoms with van der Waals surface area (Å²) in [6.07, 6.45) is 2.02. The number of fused-ring (bicyclic) bond motifs is 1. The zero-order valence-electron chi connectivity index (χ0n) is 16.3. The number of carbonyl (C=O) groups excluding carboxylic acids is 1. The maximum atomic E-state index is 12.1. The van der Waals surface area contributed by atoms with Crippen LogP contribution in [-0.4, -0.2) is 79.6 Å². The van der Waals surface area contributed by atoms with Crippen molar-refractivity contribution in [1.29, 1.82) is 0 Å². The third kappa shape index (κ3) is 3.74. The van der Waals surface area contributed by atoms with Gasteiger partial charge < -0.3 is 14.1 Å². The largest absolute Gasteiger partial charge is 0.460 e. The summed E-state index contributed by atoms with van der Waals surface area (Å²) in [6.45, 7) is 5.76. The van der Waals surface area contributed by atoms with Crippen molar-refractivity contribution in [3.05, 3.63) is 36.1 Å². The van der Waals surface area contributed by atoms with E-state index in [1.54, 1.807) is 7.11 Å². The minimum atomic E-state index is 0.102. The second-order valence-corrected chi connectivity index (χ2v) is 7.92. The summed E-state index contributed by atoms with van der Waals surface area (Å²) >= 11 is 0. The molecule has 0 atom stereocenters. The van der Waals surface area contributed by atoms with Crippen LogP contribution in [0.15, 0.2) is 34.7 Å². The van der Waals surface area contributed by atoms with Gasteiger partial charge in [0.25, 0.3) is 0 Å². The smallest absolute Gasteiger partial charge is 0.248 e. The number of piperazine rings is 1. The van der Waals surface area contributed by atoms with E-state index in [-0.39, 0.29) is 18.1 Å². The van der Waals surface area contributed by atoms with Crippen LogP contribution in [0.3, 0.4) is 0 Å². The highest BCUT2D eigenvalue weighted by Crippen LogP contribution is 2.32. The first-order valence-electron chi connectivity index (χ1n) is 9.77. The lowest BCUT2D eigenvalue weighted by atomic mass is 9.83. The number of carbonyl (C=O) groups is 1. The molecule has 2 fully saturated rings. The third-order valence-corrected chi connectivity index (χ3v) is 6.25. The second-order valence-electron chi connectivity index (χ2n) is 7.92. The molecule has 6 nitrogen and oxygen atoms in total. The topological polar surface area (TPSA) is 49.2 Å². The highest BCUT2D eigenvalue weighted by molar-refractivity contribution is 5.78. The SMILES string of the molecule is COCC(=O)N1CCC2(CC1)CN(Cc1cc3ccccc3o1)CCN2C. The van der Waals surface area contributed by atoms with Gasteiger partial charge in [0.2, 0.25) is 5.91 Å². The van der Waals surface area contributed by atoms with E-state index >= 15 is 0 Å². The van der Waals surface area contributed by atoms with Crippen LogP contribution in [0.25, 0.3) is 11.0 Å². The van der Waals surface area contributed by atoms with Crippen molar-refractivity contribution in [3.8, 4) is 0 Å². The molecule has 0 unspecified atom stereocenters. The van der Waals surface area contributed by atoms with E-state index in [0.29, 0.717) is 0 Å². The first-order valence-corrected chi connectivity index (χ1v) is 9.77. The standard InChI is InChI=1S/C21H29N3O3/c1-22-11-12-23(14-18-13-17-5-3-4-6-19(17)27-18)16-21(22)7-9-24(10-8-21)20(25)15-26-2/h3-6,13H,7-12,14-16H2,1-2H3. The van der Waals surface area contributed by atoms with Crippen molar-refractivity contribution in [2.75, 3.05) is 53.5 Å². The molecular weight excluding hydrogens is 342 g/mol. The Labute approximate surface area is 160 Å². The van der Waals surface area contributed by atoms with Crippen molar-refractivity contribution >= 4 is 16.9 Å². The van der Waals surface area contributed by atoms with Crippen LogP contribution in [0.1, 0.15) is 18.6 Å². The molecule has 2 aromatic rings. The molecule has 2 aliphatic rings. The van der Waals surface area contributed by atoms with E-state index in [9.17, 15) is 4.79 Å². The summed E-state index contributed by atoms with van der Waals surface area (Å²) in [5, 5.41) is 1.17. The monoisotopic (exact) mass is 371 g/mol. The van der Waals surface area contributed by atoms with Crippen molar-refractivity contribution in [1.82, 2.24) is 14.7 Å². The lowest BCUT2D eigenvalue weighted by Gasteiger charge is -2.53. The molecule has 0 aliphatic carbocycles. The Bertz CT molecular complexity index is 762. The van der Waals surface area contributed by atoms with E-state index in [4.69, 9.17) is 9.15 Å². The predicted octanol–water partition coefficient (Wildman–Crippen LogP) is 2.19. The lowest BCUT2D eigenvalue weighted by Crippen LogP contribution is -2.64. The molecule has 0 N–H and O–H groups in total. The van der Waals surface area contributed by atoms with Crippen LogP contribution in [0.2, 0.25) is 0 Å². The van der Waals surface area contributed by atoms with Gasteiger partial charge in [0.1, 0.15) is 18.0 Å². The van der Waals surface area contributed by atoms with E-state index < -0.39 is 0 Å². The molecule has 6 heteroatoms. The summed E-state index contributed by atoms with van der Waals surface area (Å²) < 4.78 is 11.0. The number of methoxy groups -OCH3 is 1. The van der Waals surface area contributed by atoms with E-state index in [1.807, 2.05) is 23.1 Å². The first kappa shape index (κ1) is 18.5. The maximum Gasteiger partial charge on any atom is 0.248 e. The van der Waals surface area contributed by atoms with Gasteiger partial charge in [0, 0.05) is 50.8 Å². The number of piperidine rings is 1. The van der Waals surface area contributed by atoms with Crippen LogP contribution >= 0.6 is 0 Å². The molecular formula is C21H29N3O3. The molecule has 1 aromatic carbocycles. The Balaban J connectivity index is 1.41. The molecule has 2 saturated heterocycles. The van der Waals surface area contributed by atoms with Crippen molar-refractivity contribution < 1.29 is 13.9 Å². The van der Waals surface area contributed by atoms with E-state index in [2.05, 4.69) is 29.0 Å². The zero-order valence-corrected chi connectivity index (χ0v) is 16.3. The van der Waals surface area contributed by atoms with Crippen LogP contribution in [0.4, 0.5) is 0 Å². The molecule has 27 heavy (non-hydrogen) atoms. The average molecular weight is 371 g/mol. The molecule has 3 heterocycles. The molecule has 0 radical (unpaired) electrons. The Kier molecular flexibility index (Phi) is 5.21. The number of furan rings is 1. The van der Waals surface area contributed by atoms with Crippen LogP contribution in [-0.2, 0) is 16.1 Å². The number of amides is 1. The second kappa shape index (κ2) is 7.62. The Hall–Kier alpha value is -1.89. The molecule has 2 aliphatic heterocycles. The van der Waals surface area contributed by atoms with Gasteiger partial charge in [-0.2, -0.15) is 0 Å². The van der Waals surface area contributed by atoms with E-state index in [1.165, 1.54) is 5.39 Å². The summed E-state index contributed by atoms with van der Waals surface area (Å²) in [5.74, 6) is 1.13. The number of hydrogen-bond donors (Lipinski definition) is 0. The lowest BCUT2D eigenvalue weighted by molar-refractivity contribution is -0.138. The minimum absolute atomic E-state index is 0.102. The number of ether oxygens (including phenoxy) is 1. The zero-order chi connectivity index (χ0) is 18.9. The number of benzene rings is 1. The number of para-hydroxylation sites is 1. The summed E-state index contributed by atoms with van der Waals surface area (Å²) in [4.78, 5) is 19.1. The Morgan fingerprint density at radius 1 is 1.19 bits per heavy atom. The van der Waals surface area contributed by atoms with Gasteiger partial charge in [-0.3, -0.25) is 14.6 Å². The number of hydrogen-bond acceptors (Lipinski definition) is 5. The molecule has 4 rings (SSSR count). The van der Waals surface area contributed by atoms with Gasteiger partial charge in [-0.25, -0.2) is 0 Å². The van der Waals surface area contributed by atoms with Gasteiger partial charge >= 0.3 is 0 Å². The van der Waals surface area contributed by atoms with Gasteiger partial charge in [-0.05, 0) is 32.0 Å². The molecule has 0 saturated carbocycles. The molecule has 1 amide bonds. The Morgan fingerprint density at radius 2 is 1.96 bits per heavy atom. The van der Waals surface area contributed by atoms with Gasteiger partial charge in [-0.15, -0.1) is 0 Å². The van der Waals surface area contributed by atoms with Crippen LogP contribution in [0, 0.1) is 0 Å². The maximum absolute atomic E-state index is 12.1. The molecule has 0 bridgehead atoms. The van der Waals surface area contributed by atoms with Gasteiger partial charge in [0.15, 0.2) is 0 Å². The fourth-order valence-electron chi connectivity index (χ4n) is 4.54. The fourth-order valence-corrected chi connectivity index (χ4v) is 4.54. The number of likely N-dealkylation sites (tertiary alicyclic amines) is 1. The number of nitrogens with zero attached hydrogens (tertiary/aromatic N) is 3. The highest BCUT2D eigenvalue weighted by Gasteiger charge is 2.42. The van der Waals surface area contributed by atoms with Crippen molar-refractivity contribution in [2.24, 2.45) is 0 Å². The highest BCUT2D eigenvalue weighted by atomic mass is 16.5. The number of rotatable bonds is 4. The fraction of sp³-hybridized carbons (Fsp3) is 0.571. The van der Waals surface area contributed by atoms with Crippen LogP contribution in [0.5, 0.6) is 0 Å². The number of likely N-dealkylation sites (N-methyl/N-ethyl adjacent to an activating group) is 1. The molecule has 1 spiro atoms. The molecule has 146 valence electrons. The molecule has 1 aromatic heterocycles. The summed E-state index contributed by atoms with van der Waals surface area (Å²) in [6, 6.07) is 10.3. The third-order valence-electron chi connectivity index (χ3n) is 6.25.